The molecule has 0 saturated heterocycles. The van der Waals surface area contributed by atoms with Crippen LogP contribution >= 0.6 is 0 Å². The summed E-state index contributed by atoms with van der Waals surface area (Å²) >= 11 is 0. The number of aromatic amines is 1. The van der Waals surface area contributed by atoms with Gasteiger partial charge in [0, 0.05) is 23.0 Å². The molecule has 1 atom stereocenters. The van der Waals surface area contributed by atoms with Crippen LogP contribution in [0.2, 0.25) is 0 Å². The monoisotopic (exact) mass is 322 g/mol. The Kier molecular flexibility index (Phi) is 5.21. The fraction of sp³-hybridized carbons (Fsp3) is 0.333. The number of hydrogen-bond donors (Lipinski definition) is 2. The first kappa shape index (κ1) is 16.6. The van der Waals surface area contributed by atoms with Crippen LogP contribution in [0.1, 0.15) is 37.3 Å². The quantitative estimate of drug-likeness (QED) is 0.662. The second-order valence-electron chi connectivity index (χ2n) is 6.44. The third-order valence-electron chi connectivity index (χ3n) is 4.32. The summed E-state index contributed by atoms with van der Waals surface area (Å²) in [6.45, 7) is 5.11. The van der Waals surface area contributed by atoms with Crippen molar-refractivity contribution in [3.8, 4) is 5.75 Å². The van der Waals surface area contributed by atoms with E-state index in [0.717, 1.165) is 24.2 Å². The van der Waals surface area contributed by atoms with Gasteiger partial charge < -0.3 is 15.0 Å². The molecule has 3 rings (SSSR count). The van der Waals surface area contributed by atoms with Gasteiger partial charge in [0.15, 0.2) is 0 Å². The van der Waals surface area contributed by atoms with Gasteiger partial charge >= 0.3 is 0 Å². The van der Waals surface area contributed by atoms with Crippen molar-refractivity contribution in [1.29, 1.82) is 0 Å². The molecule has 0 aliphatic carbocycles. The average Bonchev–Trinajstić information content (AvgIpc) is 3.01. The van der Waals surface area contributed by atoms with E-state index in [9.17, 15) is 0 Å². The van der Waals surface area contributed by atoms with Crippen LogP contribution in [-0.4, -0.2) is 24.7 Å². The normalized spacial score (nSPS) is 12.7. The summed E-state index contributed by atoms with van der Waals surface area (Å²) in [6.07, 6.45) is 3.35. The summed E-state index contributed by atoms with van der Waals surface area (Å²) in [5.74, 6) is 1.30. The van der Waals surface area contributed by atoms with Gasteiger partial charge in [-0.1, -0.05) is 36.4 Å². The van der Waals surface area contributed by atoms with E-state index >= 15 is 0 Å². The maximum absolute atomic E-state index is 6.08. The second kappa shape index (κ2) is 7.54. The van der Waals surface area contributed by atoms with Crippen molar-refractivity contribution in [2.75, 3.05) is 13.6 Å². The lowest BCUT2D eigenvalue weighted by Gasteiger charge is -2.19. The van der Waals surface area contributed by atoms with Crippen molar-refractivity contribution in [2.45, 2.75) is 32.3 Å². The summed E-state index contributed by atoms with van der Waals surface area (Å²) < 4.78 is 6.08. The zero-order valence-electron chi connectivity index (χ0n) is 14.7. The maximum atomic E-state index is 6.08. The molecule has 1 heterocycles. The fourth-order valence-corrected chi connectivity index (χ4v) is 3.28. The molecule has 0 fully saturated rings. The third kappa shape index (κ3) is 3.46. The Morgan fingerprint density at radius 1 is 1.04 bits per heavy atom. The number of nitrogens with one attached hydrogen (secondary N) is 2. The van der Waals surface area contributed by atoms with Gasteiger partial charge in [0.25, 0.3) is 0 Å². The van der Waals surface area contributed by atoms with Crippen LogP contribution in [0.4, 0.5) is 0 Å². The second-order valence-corrected chi connectivity index (χ2v) is 6.44. The minimum Gasteiger partial charge on any atom is -0.490 e. The van der Waals surface area contributed by atoms with Crippen LogP contribution in [0.15, 0.2) is 54.7 Å². The van der Waals surface area contributed by atoms with Gasteiger partial charge in [-0.25, -0.2) is 0 Å². The molecule has 2 aromatic carbocycles. The van der Waals surface area contributed by atoms with Crippen molar-refractivity contribution < 1.29 is 4.74 Å². The minimum absolute atomic E-state index is 0.158. The lowest BCUT2D eigenvalue weighted by molar-refractivity contribution is 0.245. The van der Waals surface area contributed by atoms with E-state index in [4.69, 9.17) is 4.74 Å². The zero-order valence-corrected chi connectivity index (χ0v) is 14.7. The number of H-pyrrole nitrogens is 1. The zero-order chi connectivity index (χ0) is 16.9. The first-order valence-corrected chi connectivity index (χ1v) is 8.67. The Labute approximate surface area is 144 Å². The summed E-state index contributed by atoms with van der Waals surface area (Å²) in [7, 11) is 2.00. The van der Waals surface area contributed by atoms with Gasteiger partial charge in [-0.3, -0.25) is 0 Å². The number of hydrogen-bond acceptors (Lipinski definition) is 2. The average molecular weight is 322 g/mol. The topological polar surface area (TPSA) is 37.0 Å². The molecule has 0 radical (unpaired) electrons. The smallest absolute Gasteiger partial charge is 0.129 e. The molecule has 1 aromatic heterocycles. The number of ether oxygens (including phenoxy) is 1. The highest BCUT2D eigenvalue weighted by Crippen LogP contribution is 2.38. The van der Waals surface area contributed by atoms with Gasteiger partial charge in [0.2, 0.25) is 0 Å². The molecule has 0 aliphatic heterocycles. The maximum Gasteiger partial charge on any atom is 0.129 e. The van der Waals surface area contributed by atoms with Gasteiger partial charge in [-0.2, -0.15) is 0 Å². The lowest BCUT2D eigenvalue weighted by Crippen LogP contribution is -2.13. The van der Waals surface area contributed by atoms with Crippen molar-refractivity contribution in [3.63, 3.8) is 0 Å². The van der Waals surface area contributed by atoms with Crippen molar-refractivity contribution in [3.05, 3.63) is 65.9 Å². The van der Waals surface area contributed by atoms with Gasteiger partial charge in [0.05, 0.1) is 6.10 Å². The first-order chi connectivity index (χ1) is 11.7. The number of aromatic nitrogens is 1. The van der Waals surface area contributed by atoms with E-state index in [1.165, 1.54) is 16.5 Å². The van der Waals surface area contributed by atoms with Gasteiger partial charge in [-0.15, -0.1) is 0 Å². The molecule has 0 bridgehead atoms. The molecule has 3 heteroatoms. The van der Waals surface area contributed by atoms with E-state index in [1.807, 2.05) is 13.1 Å². The largest absolute Gasteiger partial charge is 0.490 e. The summed E-state index contributed by atoms with van der Waals surface area (Å²) in [6, 6.07) is 17.0. The summed E-state index contributed by atoms with van der Waals surface area (Å²) in [4.78, 5) is 3.43. The molecule has 0 amide bonds. The lowest BCUT2D eigenvalue weighted by atomic mass is 9.88. The van der Waals surface area contributed by atoms with E-state index in [-0.39, 0.29) is 6.10 Å². The molecular formula is C21H26N2O. The number of benzene rings is 2. The Morgan fingerprint density at radius 3 is 2.54 bits per heavy atom. The Morgan fingerprint density at radius 2 is 1.83 bits per heavy atom. The minimum atomic E-state index is 0.158. The Bertz CT molecular complexity index is 777. The van der Waals surface area contributed by atoms with Crippen LogP contribution in [0.5, 0.6) is 5.75 Å². The van der Waals surface area contributed by atoms with Crippen LogP contribution < -0.4 is 10.1 Å². The van der Waals surface area contributed by atoms with E-state index in [2.05, 4.69) is 72.8 Å². The van der Waals surface area contributed by atoms with E-state index in [0.29, 0.717) is 5.92 Å². The predicted molar refractivity (Wildman–Crippen MR) is 101 cm³/mol. The van der Waals surface area contributed by atoms with Gasteiger partial charge in [-0.05, 0) is 57.1 Å². The standard InChI is InChI=1S/C21H26N2O/c1-15(2)24-20-11-7-10-19-21(20)18(14-23-19)17(12-13-22-3)16-8-5-4-6-9-16/h4-11,14-15,17,22-23H,12-13H2,1-3H3. The van der Waals surface area contributed by atoms with Crippen LogP contribution in [0.25, 0.3) is 10.9 Å². The molecule has 126 valence electrons. The first-order valence-electron chi connectivity index (χ1n) is 8.67. The van der Waals surface area contributed by atoms with Crippen molar-refractivity contribution in [2.24, 2.45) is 0 Å². The molecular weight excluding hydrogens is 296 g/mol. The Balaban J connectivity index is 2.10. The molecule has 3 nitrogen and oxygen atoms in total. The highest BCUT2D eigenvalue weighted by atomic mass is 16.5. The molecule has 24 heavy (non-hydrogen) atoms. The Hall–Kier alpha value is -2.26. The van der Waals surface area contributed by atoms with Crippen molar-refractivity contribution in [1.82, 2.24) is 10.3 Å². The van der Waals surface area contributed by atoms with Crippen LogP contribution in [0.3, 0.4) is 0 Å². The number of fused-ring (bicyclic) bond motifs is 1. The van der Waals surface area contributed by atoms with E-state index < -0.39 is 0 Å². The molecule has 3 aromatic rings. The van der Waals surface area contributed by atoms with Gasteiger partial charge in [0.1, 0.15) is 5.75 Å². The highest BCUT2D eigenvalue weighted by molar-refractivity contribution is 5.90. The summed E-state index contributed by atoms with van der Waals surface area (Å²) in [5, 5.41) is 4.49. The molecule has 0 saturated carbocycles. The molecule has 1 unspecified atom stereocenters. The predicted octanol–water partition coefficient (Wildman–Crippen LogP) is 4.70. The van der Waals surface area contributed by atoms with Crippen molar-refractivity contribution >= 4 is 10.9 Å². The van der Waals surface area contributed by atoms with E-state index in [1.54, 1.807) is 0 Å². The summed E-state index contributed by atoms with van der Waals surface area (Å²) in [5.41, 5.74) is 3.78. The fourth-order valence-electron chi connectivity index (χ4n) is 3.28. The number of rotatable bonds is 7. The molecule has 2 N–H and O–H groups in total. The molecule has 0 aliphatic rings. The highest BCUT2D eigenvalue weighted by Gasteiger charge is 2.20. The third-order valence-corrected chi connectivity index (χ3v) is 4.32. The van der Waals surface area contributed by atoms with Crippen LogP contribution in [0, 0.1) is 0 Å². The van der Waals surface area contributed by atoms with Crippen LogP contribution in [-0.2, 0) is 0 Å². The SMILES string of the molecule is CNCCC(c1ccccc1)c1c[nH]c2cccc(OC(C)C)c12. The molecule has 0 spiro atoms.